The van der Waals surface area contributed by atoms with Crippen molar-refractivity contribution in [3.63, 3.8) is 0 Å². The van der Waals surface area contributed by atoms with Crippen LogP contribution in [0.15, 0.2) is 36.6 Å². The van der Waals surface area contributed by atoms with Crippen molar-refractivity contribution in [1.82, 2.24) is 5.32 Å². The molecular formula is C34H58N2O6. The van der Waals surface area contributed by atoms with Gasteiger partial charge in [0.05, 0.1) is 19.0 Å². The second-order valence-corrected chi connectivity index (χ2v) is 13.3. The molecule has 8 nitrogen and oxygen atoms in total. The maximum Gasteiger partial charge on any atom is 0.303 e. The second-order valence-electron chi connectivity index (χ2n) is 13.3. The van der Waals surface area contributed by atoms with Gasteiger partial charge in [-0.15, -0.1) is 0 Å². The van der Waals surface area contributed by atoms with Crippen LogP contribution in [0.25, 0.3) is 0 Å². The molecule has 3 atom stereocenters. The molecule has 3 rings (SSSR count). The minimum Gasteiger partial charge on any atom is -0.513 e. The Kier molecular flexibility index (Phi) is 16.4. The third-order valence-corrected chi connectivity index (χ3v) is 8.16. The number of aryl methyl sites for hydroxylation is 1. The number of amides is 1. The lowest BCUT2D eigenvalue weighted by atomic mass is 9.77. The van der Waals surface area contributed by atoms with E-state index in [9.17, 15) is 14.7 Å². The number of hydrogen-bond donors (Lipinski definition) is 4. The second kappa shape index (κ2) is 18.3. The van der Waals surface area contributed by atoms with E-state index in [1.54, 1.807) is 5.56 Å². The minimum absolute atomic E-state index is 0.0479. The SMILES string of the molecule is C=C(O)C(C)CCc1ccccc1C1CCC(C)CC1.CC(=O)OC(C)(C)C.CC1(COCC(N)=O)CCNC1CO. The van der Waals surface area contributed by atoms with Crippen LogP contribution in [0.3, 0.4) is 0 Å². The van der Waals surface area contributed by atoms with Crippen LogP contribution >= 0.6 is 0 Å². The van der Waals surface area contributed by atoms with E-state index in [0.717, 1.165) is 37.6 Å². The van der Waals surface area contributed by atoms with Gasteiger partial charge in [0.15, 0.2) is 0 Å². The van der Waals surface area contributed by atoms with Crippen LogP contribution in [0.1, 0.15) is 104 Å². The van der Waals surface area contributed by atoms with Crippen LogP contribution in [0.2, 0.25) is 0 Å². The average molecular weight is 591 g/mol. The summed E-state index contributed by atoms with van der Waals surface area (Å²) in [4.78, 5) is 20.7. The van der Waals surface area contributed by atoms with Crippen molar-refractivity contribution < 1.29 is 29.3 Å². The third kappa shape index (κ3) is 14.7. The van der Waals surface area contributed by atoms with E-state index in [-0.39, 0.29) is 42.2 Å². The van der Waals surface area contributed by atoms with Crippen molar-refractivity contribution in [3.8, 4) is 0 Å². The number of primary amides is 1. The van der Waals surface area contributed by atoms with Crippen LogP contribution in [0.4, 0.5) is 0 Å². The lowest BCUT2D eigenvalue weighted by molar-refractivity contribution is -0.151. The largest absolute Gasteiger partial charge is 0.513 e. The zero-order valence-corrected chi connectivity index (χ0v) is 27.2. The lowest BCUT2D eigenvalue weighted by Crippen LogP contribution is -2.41. The van der Waals surface area contributed by atoms with E-state index < -0.39 is 5.91 Å². The molecule has 1 saturated carbocycles. The van der Waals surface area contributed by atoms with Gasteiger partial charge in [0.2, 0.25) is 5.91 Å². The summed E-state index contributed by atoms with van der Waals surface area (Å²) >= 11 is 0. The van der Waals surface area contributed by atoms with Gasteiger partial charge in [-0.25, -0.2) is 0 Å². The maximum absolute atomic E-state index is 10.5. The van der Waals surface area contributed by atoms with Gasteiger partial charge in [0, 0.05) is 24.3 Å². The number of carbonyl (C=O) groups is 2. The summed E-state index contributed by atoms with van der Waals surface area (Å²) in [7, 11) is 0. The zero-order valence-electron chi connectivity index (χ0n) is 27.2. The highest BCUT2D eigenvalue weighted by molar-refractivity contribution is 5.74. The number of aliphatic hydroxyl groups is 2. The zero-order chi connectivity index (χ0) is 31.9. The smallest absolute Gasteiger partial charge is 0.303 e. The Morgan fingerprint density at radius 3 is 2.31 bits per heavy atom. The molecule has 1 aliphatic heterocycles. The summed E-state index contributed by atoms with van der Waals surface area (Å²) in [5.74, 6) is 1.46. The Balaban J connectivity index is 0.000000349. The number of carbonyl (C=O) groups excluding carboxylic acids is 2. The fraction of sp³-hybridized carbons (Fsp3) is 0.706. The molecule has 1 heterocycles. The fourth-order valence-electron chi connectivity index (χ4n) is 5.50. The van der Waals surface area contributed by atoms with Crippen molar-refractivity contribution in [1.29, 1.82) is 0 Å². The number of ether oxygens (including phenoxy) is 2. The van der Waals surface area contributed by atoms with Crippen molar-refractivity contribution in [2.24, 2.45) is 23.0 Å². The molecule has 2 aliphatic rings. The third-order valence-electron chi connectivity index (χ3n) is 8.16. The summed E-state index contributed by atoms with van der Waals surface area (Å²) < 4.78 is 9.99. The van der Waals surface area contributed by atoms with Crippen LogP contribution in [0.5, 0.6) is 0 Å². The summed E-state index contributed by atoms with van der Waals surface area (Å²) in [5.41, 5.74) is 7.56. The summed E-state index contributed by atoms with van der Waals surface area (Å²) in [6.45, 7) is 18.4. The summed E-state index contributed by atoms with van der Waals surface area (Å²) in [6, 6.07) is 8.94. The lowest BCUT2D eigenvalue weighted by Gasteiger charge is -2.29. The average Bonchev–Trinajstić information content (AvgIpc) is 3.27. The highest BCUT2D eigenvalue weighted by atomic mass is 16.6. The number of allylic oxidation sites excluding steroid dienone is 1. The van der Waals surface area contributed by atoms with Crippen molar-refractivity contribution >= 4 is 11.9 Å². The number of nitrogens with two attached hydrogens (primary N) is 1. The Hall–Kier alpha value is -2.42. The first-order valence-electron chi connectivity index (χ1n) is 15.4. The molecular weight excluding hydrogens is 532 g/mol. The van der Waals surface area contributed by atoms with Gasteiger partial charge in [-0.1, -0.05) is 64.5 Å². The van der Waals surface area contributed by atoms with Gasteiger partial charge < -0.3 is 30.7 Å². The van der Waals surface area contributed by atoms with Gasteiger partial charge in [-0.05, 0) is 82.4 Å². The molecule has 1 amide bonds. The first kappa shape index (κ1) is 37.6. The summed E-state index contributed by atoms with van der Waals surface area (Å²) in [5, 5.41) is 21.7. The normalized spacial score (nSPS) is 24.3. The van der Waals surface area contributed by atoms with Crippen LogP contribution in [-0.2, 0) is 25.5 Å². The first-order chi connectivity index (χ1) is 19.6. The van der Waals surface area contributed by atoms with Gasteiger partial charge in [-0.2, -0.15) is 0 Å². The minimum atomic E-state index is -0.458. The molecule has 1 saturated heterocycles. The summed E-state index contributed by atoms with van der Waals surface area (Å²) in [6.07, 6.45) is 8.36. The van der Waals surface area contributed by atoms with Crippen molar-refractivity contribution in [2.75, 3.05) is 26.4 Å². The molecule has 1 aromatic carbocycles. The molecule has 2 fully saturated rings. The van der Waals surface area contributed by atoms with Gasteiger partial charge in [-0.3, -0.25) is 9.59 Å². The number of hydrogen-bond acceptors (Lipinski definition) is 7. The topological polar surface area (TPSA) is 131 Å². The van der Waals surface area contributed by atoms with E-state index in [0.29, 0.717) is 12.4 Å². The highest BCUT2D eigenvalue weighted by Gasteiger charge is 2.38. The van der Waals surface area contributed by atoms with E-state index in [4.69, 9.17) is 20.3 Å². The molecule has 0 spiro atoms. The van der Waals surface area contributed by atoms with Crippen LogP contribution in [0, 0.1) is 17.3 Å². The van der Waals surface area contributed by atoms with Crippen LogP contribution < -0.4 is 11.1 Å². The standard InChI is InChI=1S/C19H28O.C9H18N2O3.C6H12O2/c1-14-8-11-18(12-9-14)19-7-5-4-6-17(19)13-10-15(2)16(3)20;1-9(6-14-5-8(10)13)2-3-11-7(9)4-12;1-5(7)8-6(2,3)4/h4-7,14-15,18,20H,3,8-13H2,1-2H3;7,11-12H,2-6H2,1H3,(H2,10,13);1-4H3. The molecule has 8 heteroatoms. The Morgan fingerprint density at radius 1 is 1.19 bits per heavy atom. The van der Waals surface area contributed by atoms with Crippen LogP contribution in [-0.4, -0.2) is 60.1 Å². The number of aliphatic hydroxyl groups excluding tert-OH is 2. The Bertz CT molecular complexity index is 967. The molecule has 0 aromatic heterocycles. The predicted molar refractivity (Wildman–Crippen MR) is 169 cm³/mol. The number of nitrogens with one attached hydrogen (secondary N) is 1. The molecule has 42 heavy (non-hydrogen) atoms. The maximum atomic E-state index is 10.5. The Morgan fingerprint density at radius 2 is 1.81 bits per heavy atom. The van der Waals surface area contributed by atoms with Crippen molar-refractivity contribution in [2.45, 2.75) is 111 Å². The van der Waals surface area contributed by atoms with E-state index >= 15 is 0 Å². The van der Waals surface area contributed by atoms with Gasteiger partial charge >= 0.3 is 5.97 Å². The van der Waals surface area contributed by atoms with Crippen molar-refractivity contribution in [3.05, 3.63) is 47.7 Å². The number of esters is 1. The molecule has 1 aromatic rings. The molecule has 5 N–H and O–H groups in total. The van der Waals surface area contributed by atoms with Gasteiger partial charge in [0.1, 0.15) is 12.2 Å². The van der Waals surface area contributed by atoms with Gasteiger partial charge in [0.25, 0.3) is 0 Å². The first-order valence-corrected chi connectivity index (χ1v) is 15.4. The Labute approximate surface area is 254 Å². The molecule has 0 radical (unpaired) electrons. The molecule has 0 bridgehead atoms. The highest BCUT2D eigenvalue weighted by Crippen LogP contribution is 2.37. The molecule has 3 unspecified atom stereocenters. The number of benzene rings is 1. The monoisotopic (exact) mass is 590 g/mol. The quantitative estimate of drug-likeness (QED) is 0.200. The van der Waals surface area contributed by atoms with E-state index in [1.807, 2.05) is 34.6 Å². The molecule has 1 aliphatic carbocycles. The van der Waals surface area contributed by atoms with E-state index in [2.05, 4.69) is 43.1 Å². The fourth-order valence-corrected chi connectivity index (χ4v) is 5.50. The van der Waals surface area contributed by atoms with E-state index in [1.165, 1.54) is 38.2 Å². The molecule has 240 valence electrons. The number of rotatable bonds is 10. The predicted octanol–water partition coefficient (Wildman–Crippen LogP) is 5.82.